The molecule has 1 fully saturated rings. The highest BCUT2D eigenvalue weighted by atomic mass is 16.2. The Morgan fingerprint density at radius 3 is 2.42 bits per heavy atom. The summed E-state index contributed by atoms with van der Waals surface area (Å²) in [6, 6.07) is 12.4. The van der Waals surface area contributed by atoms with Crippen molar-refractivity contribution in [3.8, 4) is 0 Å². The fraction of sp³-hybridized carbons (Fsp3) is 0.389. The molecule has 0 radical (unpaired) electrons. The highest BCUT2D eigenvalue weighted by Crippen LogP contribution is 2.10. The molecule has 6 heteroatoms. The molecule has 6 nitrogen and oxygen atoms in total. The zero-order valence-electron chi connectivity index (χ0n) is 14.0. The van der Waals surface area contributed by atoms with Crippen LogP contribution < -0.4 is 10.2 Å². The van der Waals surface area contributed by atoms with E-state index in [9.17, 15) is 4.79 Å². The number of piperazine rings is 1. The van der Waals surface area contributed by atoms with Gasteiger partial charge in [0.1, 0.15) is 6.04 Å². The highest BCUT2D eigenvalue weighted by molar-refractivity contribution is 5.77. The van der Waals surface area contributed by atoms with E-state index in [-0.39, 0.29) is 11.9 Å². The summed E-state index contributed by atoms with van der Waals surface area (Å²) >= 11 is 0. The second-order valence-corrected chi connectivity index (χ2v) is 6.06. The first kappa shape index (κ1) is 16.4. The Morgan fingerprint density at radius 1 is 1.08 bits per heavy atom. The van der Waals surface area contributed by atoms with Crippen molar-refractivity contribution in [2.45, 2.75) is 13.0 Å². The average molecular weight is 326 g/mol. The van der Waals surface area contributed by atoms with Gasteiger partial charge in [-0.1, -0.05) is 30.3 Å². The van der Waals surface area contributed by atoms with Crippen LogP contribution in [0.25, 0.3) is 0 Å². The number of hydrogen-bond acceptors (Lipinski definition) is 4. The average Bonchev–Trinajstić information content (AvgIpc) is 2.67. The number of anilines is 1. The molecule has 2 aromatic rings. The third-order valence-electron chi connectivity index (χ3n) is 4.44. The Hall–Kier alpha value is -2.47. The van der Waals surface area contributed by atoms with Crippen LogP contribution in [0.3, 0.4) is 0 Å². The fourth-order valence-electron chi connectivity index (χ4n) is 2.91. The summed E-state index contributed by atoms with van der Waals surface area (Å²) < 4.78 is 0. The van der Waals surface area contributed by atoms with Crippen LogP contribution in [-0.4, -0.2) is 53.5 Å². The monoisotopic (exact) mass is 326 g/mol. The number of aromatic nitrogens is 2. The number of hydrogen-bond donors (Lipinski definition) is 1. The Balaban J connectivity index is 1.45. The summed E-state index contributed by atoms with van der Waals surface area (Å²) in [4.78, 5) is 25.0. The first-order chi connectivity index (χ1) is 11.7. The third-order valence-corrected chi connectivity index (χ3v) is 4.44. The minimum atomic E-state index is 0.200. The van der Waals surface area contributed by atoms with Gasteiger partial charge >= 0.3 is 0 Å². The molecule has 1 aromatic carbocycles. The summed E-state index contributed by atoms with van der Waals surface area (Å²) in [7, 11) is 0. The van der Waals surface area contributed by atoms with Gasteiger partial charge in [-0.15, -0.1) is 0 Å². The van der Waals surface area contributed by atoms with Gasteiger partial charge in [-0.25, -0.2) is 9.97 Å². The van der Waals surface area contributed by atoms with Gasteiger partial charge < -0.3 is 15.1 Å². The third kappa shape index (κ3) is 4.08. The molecule has 1 saturated heterocycles. The molecule has 2 N–H and O–H groups in total. The lowest BCUT2D eigenvalue weighted by Crippen LogP contribution is -2.87. The van der Waals surface area contributed by atoms with Gasteiger partial charge in [0.15, 0.2) is 6.54 Å². The molecule has 126 valence electrons. The van der Waals surface area contributed by atoms with Crippen molar-refractivity contribution >= 4 is 11.9 Å². The molecule has 1 amide bonds. The van der Waals surface area contributed by atoms with Crippen molar-refractivity contribution in [2.75, 3.05) is 37.6 Å². The van der Waals surface area contributed by atoms with Crippen molar-refractivity contribution in [3.63, 3.8) is 0 Å². The normalized spacial score (nSPS) is 16.0. The van der Waals surface area contributed by atoms with Crippen LogP contribution in [0.4, 0.5) is 5.95 Å². The molecule has 1 aromatic heterocycles. The van der Waals surface area contributed by atoms with Crippen molar-refractivity contribution < 1.29 is 10.1 Å². The number of nitrogens with two attached hydrogens (primary N) is 1. The van der Waals surface area contributed by atoms with E-state index in [1.807, 2.05) is 29.2 Å². The zero-order chi connectivity index (χ0) is 16.8. The molecule has 1 atom stereocenters. The SMILES string of the molecule is C[C@@H]([NH2+]CC(=O)N1CCN(c2ncccn2)CC1)c1ccccc1. The minimum absolute atomic E-state index is 0.200. The van der Waals surface area contributed by atoms with Gasteiger partial charge in [0.05, 0.1) is 0 Å². The molecule has 0 saturated carbocycles. The first-order valence-electron chi connectivity index (χ1n) is 8.42. The minimum Gasteiger partial charge on any atom is -0.337 e. The van der Waals surface area contributed by atoms with Crippen LogP contribution >= 0.6 is 0 Å². The van der Waals surface area contributed by atoms with E-state index in [1.54, 1.807) is 12.4 Å². The summed E-state index contributed by atoms with van der Waals surface area (Å²) in [5.74, 6) is 0.945. The predicted octanol–water partition coefficient (Wildman–Crippen LogP) is 0.450. The van der Waals surface area contributed by atoms with Gasteiger partial charge in [0.25, 0.3) is 5.91 Å². The summed E-state index contributed by atoms with van der Waals surface area (Å²) in [5.41, 5.74) is 1.25. The fourth-order valence-corrected chi connectivity index (χ4v) is 2.91. The molecule has 3 rings (SSSR count). The van der Waals surface area contributed by atoms with Crippen LogP contribution in [0.15, 0.2) is 48.8 Å². The van der Waals surface area contributed by atoms with E-state index in [2.05, 4.69) is 39.2 Å². The van der Waals surface area contributed by atoms with Crippen molar-refractivity contribution in [1.29, 1.82) is 0 Å². The predicted molar refractivity (Wildman–Crippen MR) is 92.5 cm³/mol. The van der Waals surface area contributed by atoms with Gasteiger partial charge in [0.2, 0.25) is 5.95 Å². The first-order valence-corrected chi connectivity index (χ1v) is 8.42. The van der Waals surface area contributed by atoms with Crippen LogP contribution in [0.5, 0.6) is 0 Å². The van der Waals surface area contributed by atoms with E-state index in [4.69, 9.17) is 0 Å². The van der Waals surface area contributed by atoms with Crippen LogP contribution in [0.1, 0.15) is 18.5 Å². The Bertz CT molecular complexity index is 641. The zero-order valence-corrected chi connectivity index (χ0v) is 14.0. The molecule has 0 aliphatic carbocycles. The lowest BCUT2D eigenvalue weighted by molar-refractivity contribution is -0.683. The molecule has 2 heterocycles. The van der Waals surface area contributed by atoms with E-state index in [1.165, 1.54) is 5.56 Å². The highest BCUT2D eigenvalue weighted by Gasteiger charge is 2.23. The smallest absolute Gasteiger partial charge is 0.277 e. The van der Waals surface area contributed by atoms with Crippen LogP contribution in [0.2, 0.25) is 0 Å². The molecule has 0 spiro atoms. The molecule has 1 aliphatic heterocycles. The maximum Gasteiger partial charge on any atom is 0.277 e. The van der Waals surface area contributed by atoms with Crippen LogP contribution in [0, 0.1) is 0 Å². The maximum absolute atomic E-state index is 12.4. The number of carbonyl (C=O) groups excluding carboxylic acids is 1. The lowest BCUT2D eigenvalue weighted by atomic mass is 10.1. The lowest BCUT2D eigenvalue weighted by Gasteiger charge is -2.34. The van der Waals surface area contributed by atoms with Crippen molar-refractivity contribution in [3.05, 3.63) is 54.4 Å². The summed E-state index contributed by atoms with van der Waals surface area (Å²) in [5, 5.41) is 2.10. The summed E-state index contributed by atoms with van der Waals surface area (Å²) in [6.07, 6.45) is 3.50. The van der Waals surface area contributed by atoms with E-state index in [0.29, 0.717) is 6.54 Å². The van der Waals surface area contributed by atoms with Gasteiger partial charge in [0, 0.05) is 44.1 Å². The van der Waals surface area contributed by atoms with Gasteiger partial charge in [-0.3, -0.25) is 4.79 Å². The van der Waals surface area contributed by atoms with E-state index >= 15 is 0 Å². The van der Waals surface area contributed by atoms with Gasteiger partial charge in [-0.05, 0) is 13.0 Å². The van der Waals surface area contributed by atoms with Gasteiger partial charge in [-0.2, -0.15) is 0 Å². The second-order valence-electron chi connectivity index (χ2n) is 6.06. The molecule has 0 unspecified atom stereocenters. The van der Waals surface area contributed by atoms with E-state index < -0.39 is 0 Å². The molecule has 24 heavy (non-hydrogen) atoms. The molecular formula is C18H24N5O+. The molecule has 1 aliphatic rings. The number of benzene rings is 1. The Labute approximate surface area is 142 Å². The van der Waals surface area contributed by atoms with Crippen molar-refractivity contribution in [2.24, 2.45) is 0 Å². The largest absolute Gasteiger partial charge is 0.337 e. The van der Waals surface area contributed by atoms with Crippen molar-refractivity contribution in [1.82, 2.24) is 14.9 Å². The molecule has 0 bridgehead atoms. The molecular weight excluding hydrogens is 302 g/mol. The Kier molecular flexibility index (Phi) is 5.38. The summed E-state index contributed by atoms with van der Waals surface area (Å²) in [6.45, 7) is 5.63. The second kappa shape index (κ2) is 7.88. The van der Waals surface area contributed by atoms with Crippen LogP contribution in [-0.2, 0) is 4.79 Å². The maximum atomic E-state index is 12.4. The topological polar surface area (TPSA) is 65.9 Å². The quantitative estimate of drug-likeness (QED) is 0.866. The number of rotatable bonds is 5. The number of amides is 1. The van der Waals surface area contributed by atoms with E-state index in [0.717, 1.165) is 32.1 Å². The number of quaternary nitrogens is 1. The number of nitrogens with zero attached hydrogens (tertiary/aromatic N) is 4. The number of carbonyl (C=O) groups is 1. The standard InChI is InChI=1S/C18H23N5O/c1-15(16-6-3-2-4-7-16)21-14-17(24)22-10-12-23(13-11-22)18-19-8-5-9-20-18/h2-9,15,21H,10-14H2,1H3/p+1/t15-/m1/s1. The Morgan fingerprint density at radius 2 is 1.75 bits per heavy atom.